The first-order valence-electron chi connectivity index (χ1n) is 7.44. The molecule has 21 heavy (non-hydrogen) atoms. The zero-order chi connectivity index (χ0) is 14.7. The first kappa shape index (κ1) is 14.0. The Labute approximate surface area is 125 Å². The molecule has 0 aliphatic heterocycles. The lowest BCUT2D eigenvalue weighted by Gasteiger charge is -2.12. The molecule has 0 aromatic carbocycles. The maximum Gasteiger partial charge on any atom is 0.142 e. The zero-order valence-electron chi connectivity index (χ0n) is 12.6. The number of rotatable bonds is 6. The van der Waals surface area contributed by atoms with Crippen molar-refractivity contribution in [1.82, 2.24) is 15.3 Å². The van der Waals surface area contributed by atoms with Crippen molar-refractivity contribution in [3.8, 4) is 5.75 Å². The van der Waals surface area contributed by atoms with Crippen molar-refractivity contribution in [1.29, 1.82) is 0 Å². The minimum atomic E-state index is 0.524. The molecule has 1 N–H and O–H groups in total. The van der Waals surface area contributed by atoms with Crippen LogP contribution < -0.4 is 10.1 Å². The molecule has 0 atom stereocenters. The van der Waals surface area contributed by atoms with Gasteiger partial charge >= 0.3 is 0 Å². The highest BCUT2D eigenvalue weighted by Crippen LogP contribution is 2.22. The Balaban J connectivity index is 1.68. The fourth-order valence-corrected chi connectivity index (χ4v) is 2.24. The van der Waals surface area contributed by atoms with Crippen molar-refractivity contribution in [2.45, 2.75) is 45.9 Å². The van der Waals surface area contributed by atoms with E-state index in [0.717, 1.165) is 34.8 Å². The quantitative estimate of drug-likeness (QED) is 0.885. The third kappa shape index (κ3) is 4.02. The standard InChI is InChI=1S/C17H21N3O/c1-12-7-14(9-18-8-12)11-21-17-6-3-13(2)20-16(17)10-19-15-4-5-15/h3,6-9,15,19H,4-5,10-11H2,1-2H3. The normalized spacial score (nSPS) is 14.2. The maximum absolute atomic E-state index is 5.94. The van der Waals surface area contributed by atoms with Gasteiger partial charge in [0.05, 0.1) is 5.69 Å². The summed E-state index contributed by atoms with van der Waals surface area (Å²) < 4.78 is 5.94. The van der Waals surface area contributed by atoms with Gasteiger partial charge in [-0.25, -0.2) is 0 Å². The second kappa shape index (κ2) is 6.22. The van der Waals surface area contributed by atoms with Crippen LogP contribution in [0.1, 0.15) is 35.4 Å². The van der Waals surface area contributed by atoms with E-state index in [1.165, 1.54) is 12.8 Å². The van der Waals surface area contributed by atoms with Crippen LogP contribution in [0.3, 0.4) is 0 Å². The fourth-order valence-electron chi connectivity index (χ4n) is 2.24. The Morgan fingerprint density at radius 1 is 1.24 bits per heavy atom. The molecule has 2 heterocycles. The number of hydrogen-bond acceptors (Lipinski definition) is 4. The minimum Gasteiger partial charge on any atom is -0.487 e. The van der Waals surface area contributed by atoms with Gasteiger partial charge in [-0.2, -0.15) is 0 Å². The molecule has 0 saturated heterocycles. The lowest BCUT2D eigenvalue weighted by molar-refractivity contribution is 0.299. The predicted molar refractivity (Wildman–Crippen MR) is 82.1 cm³/mol. The Kier molecular flexibility index (Phi) is 4.15. The maximum atomic E-state index is 5.94. The van der Waals surface area contributed by atoms with Crippen LogP contribution in [0, 0.1) is 13.8 Å². The van der Waals surface area contributed by atoms with E-state index in [-0.39, 0.29) is 0 Å². The minimum absolute atomic E-state index is 0.524. The molecular formula is C17H21N3O. The highest BCUT2D eigenvalue weighted by molar-refractivity contribution is 5.30. The lowest BCUT2D eigenvalue weighted by Crippen LogP contribution is -2.17. The Morgan fingerprint density at radius 3 is 2.86 bits per heavy atom. The van der Waals surface area contributed by atoms with Gasteiger partial charge in [-0.15, -0.1) is 0 Å². The molecule has 2 aromatic heterocycles. The average Bonchev–Trinajstić information content (AvgIpc) is 3.28. The summed E-state index contributed by atoms with van der Waals surface area (Å²) in [6.07, 6.45) is 6.24. The molecule has 110 valence electrons. The molecule has 4 heteroatoms. The molecule has 1 fully saturated rings. The number of aromatic nitrogens is 2. The van der Waals surface area contributed by atoms with E-state index < -0.39 is 0 Å². The topological polar surface area (TPSA) is 47.0 Å². The van der Waals surface area contributed by atoms with Crippen molar-refractivity contribution >= 4 is 0 Å². The van der Waals surface area contributed by atoms with Gasteiger partial charge in [-0.3, -0.25) is 9.97 Å². The number of nitrogens with zero attached hydrogens (tertiary/aromatic N) is 2. The number of aryl methyl sites for hydroxylation is 2. The third-order valence-corrected chi connectivity index (χ3v) is 3.53. The number of nitrogens with one attached hydrogen (secondary N) is 1. The van der Waals surface area contributed by atoms with Gasteiger partial charge in [0.25, 0.3) is 0 Å². The first-order chi connectivity index (χ1) is 10.2. The molecule has 1 saturated carbocycles. The van der Waals surface area contributed by atoms with Crippen LogP contribution in [0.2, 0.25) is 0 Å². The summed E-state index contributed by atoms with van der Waals surface area (Å²) in [5.74, 6) is 0.857. The summed E-state index contributed by atoms with van der Waals surface area (Å²) in [4.78, 5) is 8.79. The summed E-state index contributed by atoms with van der Waals surface area (Å²) in [7, 11) is 0. The summed E-state index contributed by atoms with van der Waals surface area (Å²) in [6, 6.07) is 6.76. The molecule has 0 bridgehead atoms. The van der Waals surface area contributed by atoms with Gasteiger partial charge in [0.15, 0.2) is 0 Å². The van der Waals surface area contributed by atoms with E-state index >= 15 is 0 Å². The molecule has 0 spiro atoms. The van der Waals surface area contributed by atoms with Crippen molar-refractivity contribution in [3.63, 3.8) is 0 Å². The van der Waals surface area contributed by atoms with Gasteiger partial charge in [0.2, 0.25) is 0 Å². The van der Waals surface area contributed by atoms with E-state index in [4.69, 9.17) is 4.74 Å². The summed E-state index contributed by atoms with van der Waals surface area (Å²) >= 11 is 0. The molecule has 3 rings (SSSR count). The number of hydrogen-bond donors (Lipinski definition) is 1. The van der Waals surface area contributed by atoms with Gasteiger partial charge in [0, 0.05) is 36.2 Å². The molecular weight excluding hydrogens is 262 g/mol. The fraction of sp³-hybridized carbons (Fsp3) is 0.412. The molecule has 0 radical (unpaired) electrons. The van der Waals surface area contributed by atoms with E-state index in [1.54, 1.807) is 0 Å². The SMILES string of the molecule is Cc1cncc(COc2ccc(C)nc2CNC2CC2)c1. The zero-order valence-corrected chi connectivity index (χ0v) is 12.6. The van der Waals surface area contributed by atoms with E-state index in [1.807, 2.05) is 38.4 Å². The van der Waals surface area contributed by atoms with Crippen molar-refractivity contribution in [2.75, 3.05) is 0 Å². The van der Waals surface area contributed by atoms with Crippen LogP contribution in [0.25, 0.3) is 0 Å². The van der Waals surface area contributed by atoms with Crippen molar-refractivity contribution < 1.29 is 4.74 Å². The van der Waals surface area contributed by atoms with Crippen LogP contribution in [-0.4, -0.2) is 16.0 Å². The molecule has 2 aromatic rings. The lowest BCUT2D eigenvalue weighted by atomic mass is 10.2. The largest absolute Gasteiger partial charge is 0.487 e. The van der Waals surface area contributed by atoms with Crippen molar-refractivity contribution in [3.05, 3.63) is 53.1 Å². The second-order valence-electron chi connectivity index (χ2n) is 5.71. The summed E-state index contributed by atoms with van der Waals surface area (Å²) in [5, 5.41) is 3.49. The van der Waals surface area contributed by atoms with Gasteiger partial charge in [0.1, 0.15) is 12.4 Å². The third-order valence-electron chi connectivity index (χ3n) is 3.53. The van der Waals surface area contributed by atoms with Crippen LogP contribution in [0.4, 0.5) is 0 Å². The Morgan fingerprint density at radius 2 is 2.10 bits per heavy atom. The van der Waals surface area contributed by atoms with Gasteiger partial charge in [-0.05, 0) is 50.5 Å². The summed E-state index contributed by atoms with van der Waals surface area (Å²) in [5.41, 5.74) is 4.24. The van der Waals surface area contributed by atoms with Crippen molar-refractivity contribution in [2.24, 2.45) is 0 Å². The molecule has 4 nitrogen and oxygen atoms in total. The predicted octanol–water partition coefficient (Wildman–Crippen LogP) is 2.92. The van der Waals surface area contributed by atoms with Gasteiger partial charge in [-0.1, -0.05) is 0 Å². The molecule has 1 aliphatic rings. The van der Waals surface area contributed by atoms with Crippen LogP contribution in [0.15, 0.2) is 30.6 Å². The second-order valence-corrected chi connectivity index (χ2v) is 5.71. The van der Waals surface area contributed by atoms with E-state index in [9.17, 15) is 0 Å². The van der Waals surface area contributed by atoms with Crippen LogP contribution in [0.5, 0.6) is 5.75 Å². The first-order valence-corrected chi connectivity index (χ1v) is 7.44. The number of ether oxygens (including phenoxy) is 1. The summed E-state index contributed by atoms with van der Waals surface area (Å²) in [6.45, 7) is 5.34. The number of pyridine rings is 2. The molecule has 0 unspecified atom stereocenters. The molecule has 0 amide bonds. The molecule has 1 aliphatic carbocycles. The van der Waals surface area contributed by atoms with Crippen LogP contribution >= 0.6 is 0 Å². The average molecular weight is 283 g/mol. The monoisotopic (exact) mass is 283 g/mol. The highest BCUT2D eigenvalue weighted by Gasteiger charge is 2.21. The Bertz CT molecular complexity index is 623. The smallest absolute Gasteiger partial charge is 0.142 e. The highest BCUT2D eigenvalue weighted by atomic mass is 16.5. The van der Waals surface area contributed by atoms with Gasteiger partial charge < -0.3 is 10.1 Å². The van der Waals surface area contributed by atoms with E-state index in [0.29, 0.717) is 12.6 Å². The Hall–Kier alpha value is -1.94. The van der Waals surface area contributed by atoms with E-state index in [2.05, 4.69) is 21.4 Å². The van der Waals surface area contributed by atoms with Crippen LogP contribution in [-0.2, 0) is 13.2 Å².